The Morgan fingerprint density at radius 3 is 2.30 bits per heavy atom. The summed E-state index contributed by atoms with van der Waals surface area (Å²) in [6, 6.07) is 26.2. The minimum absolute atomic E-state index is 0.248. The van der Waals surface area contributed by atoms with Crippen LogP contribution in [0.1, 0.15) is 40.7 Å². The molecule has 5 nitrogen and oxygen atoms in total. The van der Waals surface area contributed by atoms with Crippen LogP contribution in [0.15, 0.2) is 84.9 Å². The van der Waals surface area contributed by atoms with E-state index >= 15 is 4.39 Å². The third kappa shape index (κ3) is 6.21. The minimum atomic E-state index is -0.283. The van der Waals surface area contributed by atoms with E-state index in [2.05, 4.69) is 4.90 Å². The van der Waals surface area contributed by atoms with E-state index in [4.69, 9.17) is 18.9 Å². The molecule has 0 radical (unpaired) electrons. The maximum atomic E-state index is 15.9. The average molecular weight is 598 g/mol. The Balaban J connectivity index is 1.33. The first kappa shape index (κ1) is 29.9. The molecule has 4 aromatic carbocycles. The highest BCUT2D eigenvalue weighted by atomic mass is 19.1. The molecule has 1 fully saturated rings. The summed E-state index contributed by atoms with van der Waals surface area (Å²) < 4.78 is 53.4. The van der Waals surface area contributed by atoms with Gasteiger partial charge in [-0.3, -0.25) is 0 Å². The first-order valence-electron chi connectivity index (χ1n) is 15.0. The van der Waals surface area contributed by atoms with Crippen molar-refractivity contribution in [3.63, 3.8) is 0 Å². The molecule has 2 heterocycles. The van der Waals surface area contributed by atoms with Gasteiger partial charge in [-0.15, -0.1) is 0 Å². The molecule has 0 saturated carbocycles. The number of methoxy groups -OCH3 is 2. The molecule has 2 aliphatic heterocycles. The summed E-state index contributed by atoms with van der Waals surface area (Å²) >= 11 is 0. The molecule has 7 heteroatoms. The van der Waals surface area contributed by atoms with Crippen molar-refractivity contribution in [2.45, 2.75) is 32.7 Å². The molecule has 228 valence electrons. The molecule has 6 rings (SSSR count). The molecular formula is C37H37F2NO4. The zero-order chi connectivity index (χ0) is 30.6. The molecule has 2 aliphatic rings. The average Bonchev–Trinajstić information content (AvgIpc) is 3.06. The Hall–Kier alpha value is -4.20. The molecule has 0 amide bonds. The third-order valence-corrected chi connectivity index (χ3v) is 8.62. The van der Waals surface area contributed by atoms with Gasteiger partial charge in [0.2, 0.25) is 0 Å². The van der Waals surface area contributed by atoms with Crippen molar-refractivity contribution in [3.05, 3.63) is 124 Å². The molecule has 0 N–H and O–H groups in total. The van der Waals surface area contributed by atoms with Gasteiger partial charge in [0.25, 0.3) is 0 Å². The van der Waals surface area contributed by atoms with Crippen LogP contribution in [-0.4, -0.2) is 40.2 Å². The summed E-state index contributed by atoms with van der Waals surface area (Å²) in [5, 5.41) is 0. The van der Waals surface area contributed by atoms with E-state index < -0.39 is 0 Å². The molecule has 0 atom stereocenters. The van der Waals surface area contributed by atoms with Crippen LogP contribution < -0.4 is 14.4 Å². The number of rotatable bonds is 9. The van der Waals surface area contributed by atoms with Gasteiger partial charge >= 0.3 is 0 Å². The number of hydrogen-bond donors (Lipinski definition) is 0. The van der Waals surface area contributed by atoms with Crippen LogP contribution in [0.4, 0.5) is 14.5 Å². The lowest BCUT2D eigenvalue weighted by molar-refractivity contribution is -0.141. The fraction of sp³-hybridized carbons (Fsp3) is 0.297. The third-order valence-electron chi connectivity index (χ3n) is 8.62. The van der Waals surface area contributed by atoms with Crippen LogP contribution in [0.25, 0.3) is 11.1 Å². The molecule has 0 unspecified atom stereocenters. The van der Waals surface area contributed by atoms with Crippen LogP contribution in [0.5, 0.6) is 11.5 Å². The maximum Gasteiger partial charge on any atom is 0.159 e. The highest BCUT2D eigenvalue weighted by Crippen LogP contribution is 2.43. The van der Waals surface area contributed by atoms with E-state index in [-0.39, 0.29) is 30.4 Å². The van der Waals surface area contributed by atoms with E-state index in [1.165, 1.54) is 6.07 Å². The van der Waals surface area contributed by atoms with Crippen molar-refractivity contribution in [3.8, 4) is 11.5 Å². The summed E-state index contributed by atoms with van der Waals surface area (Å²) in [4.78, 5) is 2.09. The van der Waals surface area contributed by atoms with E-state index in [0.29, 0.717) is 29.4 Å². The Bertz CT molecular complexity index is 1640. The number of aryl methyl sites for hydroxylation is 1. The van der Waals surface area contributed by atoms with Gasteiger partial charge in [-0.05, 0) is 84.0 Å². The first-order chi connectivity index (χ1) is 21.4. The predicted octanol–water partition coefficient (Wildman–Crippen LogP) is 8.04. The van der Waals surface area contributed by atoms with E-state index in [0.717, 1.165) is 59.3 Å². The first-order valence-corrected chi connectivity index (χ1v) is 15.0. The Kier molecular flexibility index (Phi) is 8.96. The Labute approximate surface area is 257 Å². The van der Waals surface area contributed by atoms with E-state index in [1.807, 2.05) is 66.7 Å². The minimum Gasteiger partial charge on any atom is -0.489 e. The van der Waals surface area contributed by atoms with Gasteiger partial charge in [-0.1, -0.05) is 42.5 Å². The van der Waals surface area contributed by atoms with Gasteiger partial charge in [-0.2, -0.15) is 0 Å². The number of halogens is 2. The second-order valence-corrected chi connectivity index (χ2v) is 11.4. The molecule has 0 aromatic heterocycles. The number of ether oxygens (including phenoxy) is 4. The number of fused-ring (bicyclic) bond motifs is 1. The lowest BCUT2D eigenvalue weighted by atomic mass is 9.87. The van der Waals surface area contributed by atoms with Crippen LogP contribution in [0.3, 0.4) is 0 Å². The smallest absolute Gasteiger partial charge is 0.159 e. The van der Waals surface area contributed by atoms with Crippen molar-refractivity contribution in [1.29, 1.82) is 0 Å². The van der Waals surface area contributed by atoms with Crippen molar-refractivity contribution in [1.82, 2.24) is 0 Å². The van der Waals surface area contributed by atoms with E-state index in [9.17, 15) is 4.39 Å². The summed E-state index contributed by atoms with van der Waals surface area (Å²) in [6.07, 6.45) is 1.46. The lowest BCUT2D eigenvalue weighted by Crippen LogP contribution is -2.39. The zero-order valence-corrected chi connectivity index (χ0v) is 25.3. The standard InChI is InChI=1S/C37H37F2NO4/c1-24-19-27(9-13-32(24)38)31-23-44-35-21-29(43-22-25-7-5-4-6-8-25)11-12-30(35)36(31)28-10-14-34(33(39)20-28)40-17-15-26(16-18-40)37(41-2)42-3/h4-14,19-21,26,37H,15-18,22-23H2,1-3H3. The molecule has 4 aromatic rings. The molecule has 0 aliphatic carbocycles. The summed E-state index contributed by atoms with van der Waals surface area (Å²) in [5.41, 5.74) is 6.33. The maximum absolute atomic E-state index is 15.9. The monoisotopic (exact) mass is 597 g/mol. The Morgan fingerprint density at radius 2 is 1.59 bits per heavy atom. The lowest BCUT2D eigenvalue weighted by Gasteiger charge is -2.36. The highest BCUT2D eigenvalue weighted by molar-refractivity contribution is 6.02. The van der Waals surface area contributed by atoms with Crippen molar-refractivity contribution in [2.24, 2.45) is 5.92 Å². The molecule has 44 heavy (non-hydrogen) atoms. The fourth-order valence-corrected chi connectivity index (χ4v) is 6.25. The summed E-state index contributed by atoms with van der Waals surface area (Å²) in [7, 11) is 3.31. The fourth-order valence-electron chi connectivity index (χ4n) is 6.25. The van der Waals surface area contributed by atoms with Crippen molar-refractivity contribution in [2.75, 3.05) is 38.8 Å². The van der Waals surface area contributed by atoms with E-state index in [1.54, 1.807) is 33.3 Å². The topological polar surface area (TPSA) is 40.2 Å². The number of benzene rings is 4. The van der Waals surface area contributed by atoms with Gasteiger partial charge in [0.15, 0.2) is 6.29 Å². The zero-order valence-electron chi connectivity index (χ0n) is 25.3. The number of nitrogens with zero attached hydrogens (tertiary/aromatic N) is 1. The van der Waals surface area contributed by atoms with Crippen LogP contribution in [0.2, 0.25) is 0 Å². The normalized spacial score (nSPS) is 15.4. The van der Waals surface area contributed by atoms with Gasteiger partial charge in [0, 0.05) is 50.4 Å². The number of anilines is 1. The largest absolute Gasteiger partial charge is 0.489 e. The SMILES string of the molecule is COC(OC)C1CCN(c2ccc(C3=C(c4ccc(F)c(C)c4)COc4cc(OCc5ccccc5)ccc43)cc2F)CC1. The van der Waals surface area contributed by atoms with Crippen molar-refractivity contribution >= 4 is 16.8 Å². The molecular weight excluding hydrogens is 560 g/mol. The number of piperidine rings is 1. The predicted molar refractivity (Wildman–Crippen MR) is 169 cm³/mol. The summed E-state index contributed by atoms with van der Waals surface area (Å²) in [5.74, 6) is 1.06. The quantitative estimate of drug-likeness (QED) is 0.183. The Morgan fingerprint density at radius 1 is 0.841 bits per heavy atom. The highest BCUT2D eigenvalue weighted by Gasteiger charge is 2.29. The summed E-state index contributed by atoms with van der Waals surface area (Å²) in [6.45, 7) is 3.87. The van der Waals surface area contributed by atoms with Gasteiger partial charge < -0.3 is 23.8 Å². The van der Waals surface area contributed by atoms with Gasteiger partial charge in [0.05, 0.1) is 5.69 Å². The van der Waals surface area contributed by atoms with Crippen LogP contribution >= 0.6 is 0 Å². The van der Waals surface area contributed by atoms with Gasteiger partial charge in [-0.25, -0.2) is 8.78 Å². The molecule has 0 spiro atoms. The second-order valence-electron chi connectivity index (χ2n) is 11.4. The van der Waals surface area contributed by atoms with Crippen LogP contribution in [-0.2, 0) is 16.1 Å². The van der Waals surface area contributed by atoms with Crippen LogP contribution in [0, 0.1) is 24.5 Å². The van der Waals surface area contributed by atoms with Gasteiger partial charge in [0.1, 0.15) is 36.3 Å². The van der Waals surface area contributed by atoms with Crippen molar-refractivity contribution < 1.29 is 27.7 Å². The molecule has 0 bridgehead atoms. The second kappa shape index (κ2) is 13.2. The molecule has 1 saturated heterocycles. The number of hydrogen-bond acceptors (Lipinski definition) is 5.